The lowest BCUT2D eigenvalue weighted by Gasteiger charge is -2.32. The number of nitrogens with one attached hydrogen (secondary N) is 1. The molecule has 4 nitrogen and oxygen atoms in total. The fraction of sp³-hybridized carbons (Fsp3) is 0.643. The minimum absolute atomic E-state index is 0.748. The Balaban J connectivity index is 1.99. The van der Waals surface area contributed by atoms with Crippen LogP contribution in [0.25, 0.3) is 0 Å². The summed E-state index contributed by atoms with van der Waals surface area (Å²) < 4.78 is 5.35. The van der Waals surface area contributed by atoms with Crippen molar-refractivity contribution in [3.63, 3.8) is 0 Å². The molecule has 3 heterocycles. The van der Waals surface area contributed by atoms with Crippen LogP contribution >= 0.6 is 0 Å². The van der Waals surface area contributed by atoms with Crippen molar-refractivity contribution in [2.45, 2.75) is 32.1 Å². The maximum Gasteiger partial charge on any atom is 0.215 e. The molecule has 0 atom stereocenters. The van der Waals surface area contributed by atoms with Gasteiger partial charge in [-0.1, -0.05) is 0 Å². The fourth-order valence-corrected chi connectivity index (χ4v) is 2.89. The first-order chi connectivity index (χ1) is 8.88. The predicted molar refractivity (Wildman–Crippen MR) is 73.7 cm³/mol. The van der Waals surface area contributed by atoms with Gasteiger partial charge in [0.1, 0.15) is 0 Å². The third-order valence-corrected chi connectivity index (χ3v) is 3.85. The van der Waals surface area contributed by atoms with Gasteiger partial charge in [-0.05, 0) is 32.1 Å². The maximum absolute atomic E-state index is 5.35. The number of fused-ring (bicyclic) bond motifs is 1. The molecule has 2 aliphatic rings. The van der Waals surface area contributed by atoms with Crippen LogP contribution in [-0.4, -0.2) is 31.7 Å². The molecule has 18 heavy (non-hydrogen) atoms. The Bertz CT molecular complexity index is 427. The molecular weight excluding hydrogens is 226 g/mol. The lowest BCUT2D eigenvalue weighted by Crippen LogP contribution is -2.31. The van der Waals surface area contributed by atoms with E-state index in [1.54, 1.807) is 7.11 Å². The van der Waals surface area contributed by atoms with Crippen LogP contribution in [0.5, 0.6) is 5.88 Å². The van der Waals surface area contributed by atoms with Crippen molar-refractivity contribution in [2.24, 2.45) is 0 Å². The van der Waals surface area contributed by atoms with Crippen LogP contribution in [-0.2, 0) is 6.42 Å². The van der Waals surface area contributed by atoms with Crippen LogP contribution in [0.1, 0.15) is 31.4 Å². The zero-order valence-electron chi connectivity index (χ0n) is 11.0. The summed E-state index contributed by atoms with van der Waals surface area (Å²) in [5.41, 5.74) is 3.70. The summed E-state index contributed by atoms with van der Waals surface area (Å²) in [4.78, 5) is 7.05. The number of aromatic nitrogens is 1. The summed E-state index contributed by atoms with van der Waals surface area (Å²) in [6.07, 6.45) is 6.15. The topological polar surface area (TPSA) is 37.4 Å². The van der Waals surface area contributed by atoms with Crippen molar-refractivity contribution in [1.82, 2.24) is 4.98 Å². The molecule has 0 unspecified atom stereocenters. The number of aryl methyl sites for hydroxylation is 1. The predicted octanol–water partition coefficient (Wildman–Crippen LogP) is 2.44. The Morgan fingerprint density at radius 1 is 1.22 bits per heavy atom. The zero-order chi connectivity index (χ0) is 12.4. The number of nitrogens with zero attached hydrogens (tertiary/aromatic N) is 2. The molecule has 0 aliphatic carbocycles. The van der Waals surface area contributed by atoms with Gasteiger partial charge >= 0.3 is 0 Å². The van der Waals surface area contributed by atoms with Gasteiger partial charge in [0.25, 0.3) is 0 Å². The Morgan fingerprint density at radius 3 is 2.83 bits per heavy atom. The van der Waals surface area contributed by atoms with Gasteiger partial charge in [-0.25, -0.2) is 4.98 Å². The number of piperidine rings is 1. The molecule has 0 radical (unpaired) electrons. The van der Waals surface area contributed by atoms with Crippen LogP contribution in [0.4, 0.5) is 11.4 Å². The van der Waals surface area contributed by atoms with Crippen LogP contribution < -0.4 is 15.0 Å². The average molecular weight is 247 g/mol. The van der Waals surface area contributed by atoms with E-state index in [4.69, 9.17) is 4.74 Å². The van der Waals surface area contributed by atoms with Gasteiger partial charge in [0.15, 0.2) is 0 Å². The lowest BCUT2D eigenvalue weighted by atomic mass is 10.1. The summed E-state index contributed by atoms with van der Waals surface area (Å²) >= 11 is 0. The molecule has 98 valence electrons. The normalized spacial score (nSPS) is 19.1. The molecule has 4 heteroatoms. The number of pyridine rings is 1. The molecule has 0 aromatic carbocycles. The van der Waals surface area contributed by atoms with Crippen LogP contribution in [0.15, 0.2) is 6.07 Å². The smallest absolute Gasteiger partial charge is 0.215 e. The number of ether oxygens (including phenoxy) is 1. The summed E-state index contributed by atoms with van der Waals surface area (Å²) in [5, 5.41) is 3.52. The molecule has 3 rings (SSSR count). The molecule has 0 saturated carbocycles. The minimum atomic E-state index is 0.748. The average Bonchev–Trinajstić information content (AvgIpc) is 2.47. The fourth-order valence-electron chi connectivity index (χ4n) is 2.89. The standard InChI is InChI=1S/C14H21N3O/c1-18-13-10-12(17-8-3-2-4-9-17)14-11(16-13)6-5-7-15-14/h10,15H,2-9H2,1H3. The van der Waals surface area contributed by atoms with E-state index >= 15 is 0 Å². The van der Waals surface area contributed by atoms with E-state index in [1.165, 1.54) is 36.3 Å². The quantitative estimate of drug-likeness (QED) is 0.871. The molecule has 1 aromatic heterocycles. The van der Waals surface area contributed by atoms with Crippen molar-refractivity contribution in [1.29, 1.82) is 0 Å². The van der Waals surface area contributed by atoms with E-state index in [-0.39, 0.29) is 0 Å². The van der Waals surface area contributed by atoms with Crippen molar-refractivity contribution >= 4 is 11.4 Å². The third-order valence-electron chi connectivity index (χ3n) is 3.85. The summed E-state index contributed by atoms with van der Waals surface area (Å²) in [7, 11) is 1.70. The Hall–Kier alpha value is -1.45. The number of hydrogen-bond donors (Lipinski definition) is 1. The van der Waals surface area contributed by atoms with Gasteiger partial charge < -0.3 is 15.0 Å². The van der Waals surface area contributed by atoms with Gasteiger partial charge in [-0.15, -0.1) is 0 Å². The Morgan fingerprint density at radius 2 is 2.06 bits per heavy atom. The molecule has 1 aromatic rings. The van der Waals surface area contributed by atoms with Crippen molar-refractivity contribution in [3.8, 4) is 5.88 Å². The minimum Gasteiger partial charge on any atom is -0.481 e. The SMILES string of the molecule is COc1cc(N2CCCCC2)c2c(n1)CCCN2. The van der Waals surface area contributed by atoms with Crippen molar-refractivity contribution < 1.29 is 4.74 Å². The van der Waals surface area contributed by atoms with Gasteiger partial charge in [0.05, 0.1) is 24.2 Å². The molecular formula is C14H21N3O. The van der Waals surface area contributed by atoms with E-state index in [2.05, 4.69) is 21.3 Å². The van der Waals surface area contributed by atoms with E-state index in [0.29, 0.717) is 0 Å². The number of methoxy groups -OCH3 is 1. The number of hydrogen-bond acceptors (Lipinski definition) is 4. The maximum atomic E-state index is 5.35. The van der Waals surface area contributed by atoms with Gasteiger partial charge in [-0.3, -0.25) is 0 Å². The van der Waals surface area contributed by atoms with Gasteiger partial charge in [0, 0.05) is 25.7 Å². The largest absolute Gasteiger partial charge is 0.481 e. The summed E-state index contributed by atoms with van der Waals surface area (Å²) in [6.45, 7) is 3.37. The Kier molecular flexibility index (Phi) is 3.26. The van der Waals surface area contributed by atoms with Crippen molar-refractivity contribution in [2.75, 3.05) is 37.0 Å². The lowest BCUT2D eigenvalue weighted by molar-refractivity contribution is 0.396. The molecule has 2 aliphatic heterocycles. The first-order valence-corrected chi connectivity index (χ1v) is 6.95. The molecule has 1 fully saturated rings. The van der Waals surface area contributed by atoms with Gasteiger partial charge in [-0.2, -0.15) is 0 Å². The second kappa shape index (κ2) is 5.04. The van der Waals surface area contributed by atoms with Crippen LogP contribution in [0.3, 0.4) is 0 Å². The first-order valence-electron chi connectivity index (χ1n) is 6.95. The number of anilines is 2. The highest BCUT2D eigenvalue weighted by atomic mass is 16.5. The van der Waals surface area contributed by atoms with E-state index in [0.717, 1.165) is 38.4 Å². The molecule has 1 saturated heterocycles. The first kappa shape index (κ1) is 11.6. The highest BCUT2D eigenvalue weighted by Crippen LogP contribution is 2.36. The van der Waals surface area contributed by atoms with Crippen LogP contribution in [0, 0.1) is 0 Å². The third kappa shape index (κ3) is 2.11. The summed E-state index contributed by atoms with van der Waals surface area (Å²) in [5.74, 6) is 0.748. The number of rotatable bonds is 2. The zero-order valence-corrected chi connectivity index (χ0v) is 11.0. The molecule has 1 N–H and O–H groups in total. The van der Waals surface area contributed by atoms with E-state index < -0.39 is 0 Å². The molecule has 0 amide bonds. The monoisotopic (exact) mass is 247 g/mol. The van der Waals surface area contributed by atoms with E-state index in [9.17, 15) is 0 Å². The van der Waals surface area contributed by atoms with Gasteiger partial charge in [0.2, 0.25) is 5.88 Å². The summed E-state index contributed by atoms with van der Waals surface area (Å²) in [6, 6.07) is 2.09. The Labute approximate surface area is 108 Å². The highest BCUT2D eigenvalue weighted by Gasteiger charge is 2.21. The molecule has 0 spiro atoms. The molecule has 0 bridgehead atoms. The highest BCUT2D eigenvalue weighted by molar-refractivity contribution is 5.74. The van der Waals surface area contributed by atoms with Crippen molar-refractivity contribution in [3.05, 3.63) is 11.8 Å². The van der Waals surface area contributed by atoms with E-state index in [1.807, 2.05) is 0 Å². The second-order valence-electron chi connectivity index (χ2n) is 5.08. The second-order valence-corrected chi connectivity index (χ2v) is 5.08. The van der Waals surface area contributed by atoms with Crippen LogP contribution in [0.2, 0.25) is 0 Å².